The Bertz CT molecular complexity index is 408. The van der Waals surface area contributed by atoms with Gasteiger partial charge in [0.15, 0.2) is 0 Å². The van der Waals surface area contributed by atoms with E-state index in [1.54, 1.807) is 0 Å². The molecule has 86 valence electrons. The number of aromatic amines is 1. The highest BCUT2D eigenvalue weighted by Gasteiger charge is 2.20. The first-order valence-corrected chi connectivity index (χ1v) is 5.09. The van der Waals surface area contributed by atoms with Gasteiger partial charge in [0.25, 0.3) is 5.91 Å². The summed E-state index contributed by atoms with van der Waals surface area (Å²) < 4.78 is 0. The fourth-order valence-electron chi connectivity index (χ4n) is 1.03. The average Bonchev–Trinajstić information content (AvgIpc) is 2.66. The van der Waals surface area contributed by atoms with Gasteiger partial charge in [-0.3, -0.25) is 9.89 Å². The van der Waals surface area contributed by atoms with Gasteiger partial charge in [-0.15, -0.1) is 17.4 Å². The molecule has 1 aromatic rings. The summed E-state index contributed by atoms with van der Waals surface area (Å²) in [6.07, 6.45) is 5.58. The highest BCUT2D eigenvalue weighted by Crippen LogP contribution is 2.17. The molecule has 0 spiro atoms. The van der Waals surface area contributed by atoms with Crippen molar-refractivity contribution >= 4 is 5.91 Å². The number of hydrogen-bond acceptors (Lipinski definition) is 3. The number of nitrogens with zero attached hydrogens (tertiary/aromatic N) is 2. The lowest BCUT2D eigenvalue weighted by molar-refractivity contribution is 0.0944. The summed E-state index contributed by atoms with van der Waals surface area (Å²) >= 11 is 0. The molecule has 1 heterocycles. The number of rotatable bonds is 3. The van der Waals surface area contributed by atoms with Crippen molar-refractivity contribution in [3.63, 3.8) is 0 Å². The van der Waals surface area contributed by atoms with Gasteiger partial charge in [-0.1, -0.05) is 20.8 Å². The second-order valence-electron chi connectivity index (χ2n) is 4.47. The minimum absolute atomic E-state index is 0.148. The number of amides is 1. The Morgan fingerprint density at radius 1 is 1.56 bits per heavy atom. The molecule has 2 N–H and O–H groups in total. The Balaban J connectivity index is 2.65. The molecule has 0 radical (unpaired) electrons. The summed E-state index contributed by atoms with van der Waals surface area (Å²) in [7, 11) is 0. The van der Waals surface area contributed by atoms with Gasteiger partial charge < -0.3 is 5.32 Å². The van der Waals surface area contributed by atoms with E-state index in [1.807, 2.05) is 20.8 Å². The molecule has 1 amide bonds. The third kappa shape index (κ3) is 3.09. The quantitative estimate of drug-likeness (QED) is 0.586. The average molecular weight is 220 g/mol. The highest BCUT2D eigenvalue weighted by atomic mass is 16.2. The molecule has 0 bridgehead atoms. The summed E-state index contributed by atoms with van der Waals surface area (Å²) in [6.45, 7) is 6.42. The number of nitrogens with one attached hydrogen (secondary N) is 2. The van der Waals surface area contributed by atoms with E-state index < -0.39 is 0 Å². The van der Waals surface area contributed by atoms with Crippen molar-refractivity contribution in [2.45, 2.75) is 32.6 Å². The molecule has 0 aromatic carbocycles. The van der Waals surface area contributed by atoms with Crippen LogP contribution in [-0.2, 0) is 5.41 Å². The third-order valence-corrected chi connectivity index (χ3v) is 1.95. The van der Waals surface area contributed by atoms with Gasteiger partial charge >= 0.3 is 0 Å². The molecular weight excluding hydrogens is 204 g/mol. The number of carbonyl (C=O) groups is 1. The van der Waals surface area contributed by atoms with E-state index in [2.05, 4.69) is 26.4 Å². The smallest absolute Gasteiger partial charge is 0.290 e. The lowest BCUT2D eigenvalue weighted by Crippen LogP contribution is -2.25. The molecule has 0 saturated carbocycles. The number of aromatic nitrogens is 3. The van der Waals surface area contributed by atoms with Crippen LogP contribution in [0.2, 0.25) is 0 Å². The van der Waals surface area contributed by atoms with E-state index in [-0.39, 0.29) is 17.1 Å². The predicted octanol–water partition coefficient (Wildman–Crippen LogP) is 0.855. The maximum absolute atomic E-state index is 11.5. The van der Waals surface area contributed by atoms with Crippen molar-refractivity contribution in [1.29, 1.82) is 0 Å². The van der Waals surface area contributed by atoms with Crippen molar-refractivity contribution in [3.05, 3.63) is 11.6 Å². The van der Waals surface area contributed by atoms with Crippen LogP contribution in [0, 0.1) is 12.3 Å². The topological polar surface area (TPSA) is 70.7 Å². The van der Waals surface area contributed by atoms with Gasteiger partial charge in [-0.05, 0) is 0 Å². The first-order chi connectivity index (χ1) is 7.45. The minimum atomic E-state index is -0.304. The number of terminal acetylenes is 1. The molecule has 16 heavy (non-hydrogen) atoms. The summed E-state index contributed by atoms with van der Waals surface area (Å²) in [5, 5.41) is 9.25. The number of carbonyl (C=O) groups excluding carboxylic acids is 1. The van der Waals surface area contributed by atoms with Crippen LogP contribution in [0.15, 0.2) is 0 Å². The zero-order valence-corrected chi connectivity index (χ0v) is 9.79. The van der Waals surface area contributed by atoms with Gasteiger partial charge in [0, 0.05) is 18.4 Å². The number of H-pyrrole nitrogens is 1. The molecule has 0 aliphatic carbocycles. The van der Waals surface area contributed by atoms with Crippen LogP contribution in [0.3, 0.4) is 0 Å². The second-order valence-corrected chi connectivity index (χ2v) is 4.47. The van der Waals surface area contributed by atoms with Crippen LogP contribution in [0.25, 0.3) is 0 Å². The molecule has 0 fully saturated rings. The molecule has 0 aliphatic heterocycles. The van der Waals surface area contributed by atoms with Crippen LogP contribution in [-0.4, -0.2) is 27.6 Å². The molecule has 5 heteroatoms. The van der Waals surface area contributed by atoms with Crippen molar-refractivity contribution in [2.24, 2.45) is 0 Å². The van der Waals surface area contributed by atoms with Crippen LogP contribution in [0.1, 0.15) is 43.6 Å². The van der Waals surface area contributed by atoms with Gasteiger partial charge in [0.2, 0.25) is 5.82 Å². The third-order valence-electron chi connectivity index (χ3n) is 1.95. The molecule has 0 saturated heterocycles. The van der Waals surface area contributed by atoms with Crippen molar-refractivity contribution in [3.8, 4) is 12.3 Å². The van der Waals surface area contributed by atoms with Crippen molar-refractivity contribution in [1.82, 2.24) is 20.5 Å². The Hall–Kier alpha value is -1.83. The lowest BCUT2D eigenvalue weighted by Gasteiger charge is -2.12. The molecule has 1 aromatic heterocycles. The first kappa shape index (κ1) is 12.2. The zero-order chi connectivity index (χ0) is 12.2. The van der Waals surface area contributed by atoms with Crippen LogP contribution in [0.4, 0.5) is 0 Å². The standard InChI is InChI=1S/C11H16N4O/c1-5-6-7-12-9(16)8-13-10(15-14-8)11(2,3)4/h1H,6-7H2,2-4H3,(H,12,16)(H,13,14,15). The van der Waals surface area contributed by atoms with E-state index in [4.69, 9.17) is 6.42 Å². The molecule has 0 aliphatic rings. The van der Waals surface area contributed by atoms with Crippen molar-refractivity contribution < 1.29 is 4.79 Å². The summed E-state index contributed by atoms with van der Waals surface area (Å²) in [5.41, 5.74) is -0.148. The summed E-state index contributed by atoms with van der Waals surface area (Å²) in [6, 6.07) is 0. The fraction of sp³-hybridized carbons (Fsp3) is 0.545. The Morgan fingerprint density at radius 2 is 2.25 bits per heavy atom. The minimum Gasteiger partial charge on any atom is -0.348 e. The summed E-state index contributed by atoms with van der Waals surface area (Å²) in [5.74, 6) is 2.98. The van der Waals surface area contributed by atoms with Crippen molar-refractivity contribution in [2.75, 3.05) is 6.54 Å². The maximum atomic E-state index is 11.5. The Kier molecular flexibility index (Phi) is 3.67. The van der Waals surface area contributed by atoms with Crippen LogP contribution < -0.4 is 5.32 Å². The normalized spacial score (nSPS) is 10.9. The maximum Gasteiger partial charge on any atom is 0.290 e. The molecule has 5 nitrogen and oxygen atoms in total. The van der Waals surface area contributed by atoms with Gasteiger partial charge in [-0.2, -0.15) is 0 Å². The molecular formula is C11H16N4O. The summed E-state index contributed by atoms with van der Waals surface area (Å²) in [4.78, 5) is 15.7. The Labute approximate surface area is 95.0 Å². The number of hydrogen-bond donors (Lipinski definition) is 2. The second kappa shape index (κ2) is 4.79. The SMILES string of the molecule is C#CCCNC(=O)c1n[nH]c(C(C)(C)C)n1. The zero-order valence-electron chi connectivity index (χ0n) is 9.79. The lowest BCUT2D eigenvalue weighted by atomic mass is 9.96. The largest absolute Gasteiger partial charge is 0.348 e. The van der Waals surface area contributed by atoms with Gasteiger partial charge in [0.05, 0.1) is 0 Å². The monoisotopic (exact) mass is 220 g/mol. The van der Waals surface area contributed by atoms with Gasteiger partial charge in [-0.25, -0.2) is 4.98 Å². The molecule has 0 unspecified atom stereocenters. The van der Waals surface area contributed by atoms with E-state index >= 15 is 0 Å². The van der Waals surface area contributed by atoms with Crippen LogP contribution in [0.5, 0.6) is 0 Å². The van der Waals surface area contributed by atoms with Crippen LogP contribution >= 0.6 is 0 Å². The van der Waals surface area contributed by atoms with E-state index in [0.29, 0.717) is 18.8 Å². The molecule has 0 atom stereocenters. The fourth-order valence-corrected chi connectivity index (χ4v) is 1.03. The van der Waals surface area contributed by atoms with E-state index in [1.165, 1.54) is 0 Å². The Morgan fingerprint density at radius 3 is 2.75 bits per heavy atom. The van der Waals surface area contributed by atoms with E-state index in [9.17, 15) is 4.79 Å². The highest BCUT2D eigenvalue weighted by molar-refractivity contribution is 5.90. The van der Waals surface area contributed by atoms with Gasteiger partial charge in [0.1, 0.15) is 5.82 Å². The van der Waals surface area contributed by atoms with E-state index in [0.717, 1.165) is 0 Å². The predicted molar refractivity (Wildman–Crippen MR) is 60.9 cm³/mol. The molecule has 1 rings (SSSR count). The first-order valence-electron chi connectivity index (χ1n) is 5.09.